The molecule has 0 saturated heterocycles. The van der Waals surface area contributed by atoms with Gasteiger partial charge in [-0.25, -0.2) is 4.39 Å². The van der Waals surface area contributed by atoms with Crippen LogP contribution in [0.2, 0.25) is 0 Å². The number of aromatic nitrogens is 2. The topological polar surface area (TPSA) is 69.4 Å². The van der Waals surface area contributed by atoms with Crippen LogP contribution in [0.4, 0.5) is 4.39 Å². The Labute approximate surface area is 149 Å². The van der Waals surface area contributed by atoms with E-state index in [9.17, 15) is 4.39 Å². The van der Waals surface area contributed by atoms with Crippen molar-refractivity contribution in [2.75, 3.05) is 13.2 Å². The molecule has 6 nitrogen and oxygen atoms in total. The van der Waals surface area contributed by atoms with Gasteiger partial charge in [0.1, 0.15) is 19.0 Å². The summed E-state index contributed by atoms with van der Waals surface area (Å²) < 4.78 is 29.8. The third-order valence-corrected chi connectivity index (χ3v) is 4.11. The van der Waals surface area contributed by atoms with E-state index < -0.39 is 0 Å². The normalized spacial score (nSPS) is 14.2. The maximum atomic E-state index is 13.3. The summed E-state index contributed by atoms with van der Waals surface area (Å²) in [7, 11) is 0. The Morgan fingerprint density at radius 2 is 1.96 bits per heavy atom. The van der Waals surface area contributed by atoms with Crippen LogP contribution in [0.25, 0.3) is 11.4 Å². The zero-order valence-electron chi connectivity index (χ0n) is 14.2. The standard InChI is InChI=1S/C19H18FN3O3/c1-12(19-22-18(23-26-19)14-3-2-4-15(20)10-14)21-11-13-5-6-16-17(9-13)25-8-7-24-16/h2-6,9-10,12,21H,7-8,11H2,1H3. The van der Waals surface area contributed by atoms with Gasteiger partial charge in [-0.05, 0) is 36.8 Å². The van der Waals surface area contributed by atoms with Crippen LogP contribution in [0.3, 0.4) is 0 Å². The lowest BCUT2D eigenvalue weighted by molar-refractivity contribution is 0.171. The molecule has 1 N–H and O–H groups in total. The highest BCUT2D eigenvalue weighted by Crippen LogP contribution is 2.30. The Hall–Kier alpha value is -2.93. The van der Waals surface area contributed by atoms with Crippen molar-refractivity contribution in [1.29, 1.82) is 0 Å². The summed E-state index contributed by atoms with van der Waals surface area (Å²) in [6, 6.07) is 11.8. The SMILES string of the molecule is CC(NCc1ccc2c(c1)OCCO2)c1nc(-c2cccc(F)c2)no1. The lowest BCUT2D eigenvalue weighted by Gasteiger charge is -2.19. The second-order valence-corrected chi connectivity index (χ2v) is 6.05. The van der Waals surface area contributed by atoms with Gasteiger partial charge in [0, 0.05) is 12.1 Å². The maximum Gasteiger partial charge on any atom is 0.243 e. The van der Waals surface area contributed by atoms with E-state index in [0.717, 1.165) is 17.1 Å². The lowest BCUT2D eigenvalue weighted by Crippen LogP contribution is -2.19. The van der Waals surface area contributed by atoms with Crippen molar-refractivity contribution in [3.05, 3.63) is 59.7 Å². The van der Waals surface area contributed by atoms with Gasteiger partial charge < -0.3 is 19.3 Å². The van der Waals surface area contributed by atoms with Crippen molar-refractivity contribution in [3.63, 3.8) is 0 Å². The molecule has 1 aliphatic heterocycles. The minimum atomic E-state index is -0.335. The number of nitrogens with zero attached hydrogens (tertiary/aromatic N) is 2. The molecule has 26 heavy (non-hydrogen) atoms. The second kappa shape index (κ2) is 7.13. The van der Waals surface area contributed by atoms with Crippen molar-refractivity contribution in [1.82, 2.24) is 15.5 Å². The first kappa shape index (κ1) is 16.5. The minimum absolute atomic E-state index is 0.155. The number of benzene rings is 2. The van der Waals surface area contributed by atoms with E-state index in [1.54, 1.807) is 12.1 Å². The van der Waals surface area contributed by atoms with Gasteiger partial charge in [-0.3, -0.25) is 0 Å². The summed E-state index contributed by atoms with van der Waals surface area (Å²) in [5, 5.41) is 7.26. The van der Waals surface area contributed by atoms with Crippen LogP contribution in [0.15, 0.2) is 47.0 Å². The fourth-order valence-corrected chi connectivity index (χ4v) is 2.71. The van der Waals surface area contributed by atoms with Gasteiger partial charge in [0.2, 0.25) is 11.7 Å². The van der Waals surface area contributed by atoms with Gasteiger partial charge in [0.25, 0.3) is 0 Å². The molecular weight excluding hydrogens is 337 g/mol. The summed E-state index contributed by atoms with van der Waals surface area (Å²) in [5.41, 5.74) is 1.64. The summed E-state index contributed by atoms with van der Waals surface area (Å²) in [5.74, 6) is 2.01. The maximum absolute atomic E-state index is 13.3. The monoisotopic (exact) mass is 355 g/mol. The summed E-state index contributed by atoms with van der Waals surface area (Å²) in [6.45, 7) is 3.67. The second-order valence-electron chi connectivity index (χ2n) is 6.05. The first-order chi connectivity index (χ1) is 12.7. The first-order valence-electron chi connectivity index (χ1n) is 8.40. The number of fused-ring (bicyclic) bond motifs is 1. The summed E-state index contributed by atoms with van der Waals surface area (Å²) in [6.07, 6.45) is 0. The molecule has 2 aromatic carbocycles. The van der Waals surface area contributed by atoms with Gasteiger partial charge in [0.15, 0.2) is 11.5 Å². The third-order valence-electron chi connectivity index (χ3n) is 4.11. The Kier molecular flexibility index (Phi) is 4.53. The van der Waals surface area contributed by atoms with Crippen LogP contribution in [-0.4, -0.2) is 23.4 Å². The van der Waals surface area contributed by atoms with E-state index in [1.807, 2.05) is 25.1 Å². The van der Waals surface area contributed by atoms with Crippen LogP contribution >= 0.6 is 0 Å². The number of hydrogen-bond donors (Lipinski definition) is 1. The molecule has 0 spiro atoms. The van der Waals surface area contributed by atoms with Crippen molar-refractivity contribution in [2.45, 2.75) is 19.5 Å². The number of halogens is 1. The van der Waals surface area contributed by atoms with Crippen LogP contribution in [-0.2, 0) is 6.54 Å². The van der Waals surface area contributed by atoms with E-state index >= 15 is 0 Å². The van der Waals surface area contributed by atoms with Crippen molar-refractivity contribution in [2.24, 2.45) is 0 Å². The number of rotatable bonds is 5. The molecule has 1 unspecified atom stereocenters. The molecule has 0 aliphatic carbocycles. The van der Waals surface area contributed by atoms with Crippen molar-refractivity contribution >= 4 is 0 Å². The smallest absolute Gasteiger partial charge is 0.243 e. The third kappa shape index (κ3) is 3.52. The summed E-state index contributed by atoms with van der Waals surface area (Å²) in [4.78, 5) is 4.35. The van der Waals surface area contributed by atoms with E-state index in [2.05, 4.69) is 15.5 Å². The molecule has 0 radical (unpaired) electrons. The molecule has 4 rings (SSSR count). The molecule has 7 heteroatoms. The number of ether oxygens (including phenoxy) is 2. The molecular formula is C19H18FN3O3. The zero-order valence-corrected chi connectivity index (χ0v) is 14.2. The molecule has 3 aromatic rings. The average molecular weight is 355 g/mol. The van der Waals surface area contributed by atoms with E-state index in [0.29, 0.717) is 37.0 Å². The van der Waals surface area contributed by atoms with Gasteiger partial charge in [-0.2, -0.15) is 4.98 Å². The Morgan fingerprint density at radius 1 is 1.12 bits per heavy atom. The van der Waals surface area contributed by atoms with Gasteiger partial charge in [0.05, 0.1) is 6.04 Å². The zero-order chi connectivity index (χ0) is 17.9. The van der Waals surface area contributed by atoms with Gasteiger partial charge >= 0.3 is 0 Å². The van der Waals surface area contributed by atoms with Crippen LogP contribution in [0.1, 0.15) is 24.4 Å². The fraction of sp³-hybridized carbons (Fsp3) is 0.263. The lowest BCUT2D eigenvalue weighted by atomic mass is 10.2. The van der Waals surface area contributed by atoms with E-state index in [4.69, 9.17) is 14.0 Å². The molecule has 1 aromatic heterocycles. The Bertz CT molecular complexity index is 913. The molecule has 0 fully saturated rings. The highest BCUT2D eigenvalue weighted by molar-refractivity contribution is 5.53. The first-order valence-corrected chi connectivity index (χ1v) is 8.40. The molecule has 1 atom stereocenters. The average Bonchev–Trinajstić information content (AvgIpc) is 3.16. The Balaban J connectivity index is 1.42. The highest BCUT2D eigenvalue weighted by atomic mass is 19.1. The van der Waals surface area contributed by atoms with Gasteiger partial charge in [-0.15, -0.1) is 0 Å². The number of hydrogen-bond acceptors (Lipinski definition) is 6. The van der Waals surface area contributed by atoms with Crippen LogP contribution in [0.5, 0.6) is 11.5 Å². The highest BCUT2D eigenvalue weighted by Gasteiger charge is 2.16. The van der Waals surface area contributed by atoms with E-state index in [1.165, 1.54) is 12.1 Å². The van der Waals surface area contributed by atoms with Crippen LogP contribution < -0.4 is 14.8 Å². The largest absolute Gasteiger partial charge is 0.486 e. The molecule has 0 amide bonds. The summed E-state index contributed by atoms with van der Waals surface area (Å²) >= 11 is 0. The molecule has 1 aliphatic rings. The number of nitrogens with one attached hydrogen (secondary N) is 1. The molecule has 2 heterocycles. The van der Waals surface area contributed by atoms with Gasteiger partial charge in [-0.1, -0.05) is 23.4 Å². The predicted octanol–water partition coefficient (Wildman–Crippen LogP) is 3.50. The van der Waals surface area contributed by atoms with Crippen LogP contribution in [0, 0.1) is 5.82 Å². The molecule has 0 saturated carbocycles. The molecule has 0 bridgehead atoms. The van der Waals surface area contributed by atoms with Crippen molar-refractivity contribution < 1.29 is 18.4 Å². The minimum Gasteiger partial charge on any atom is -0.486 e. The quantitative estimate of drug-likeness (QED) is 0.755. The van der Waals surface area contributed by atoms with Crippen molar-refractivity contribution in [3.8, 4) is 22.9 Å². The Morgan fingerprint density at radius 3 is 2.81 bits per heavy atom. The predicted molar refractivity (Wildman–Crippen MR) is 92.4 cm³/mol. The fourth-order valence-electron chi connectivity index (χ4n) is 2.71. The molecule has 134 valence electrons. The van der Waals surface area contributed by atoms with E-state index in [-0.39, 0.29) is 11.9 Å².